The molecule has 2 heterocycles. The van der Waals surface area contributed by atoms with Gasteiger partial charge in [0.15, 0.2) is 5.16 Å². The Bertz CT molecular complexity index is 721. The van der Waals surface area contributed by atoms with E-state index in [1.165, 1.54) is 0 Å². The van der Waals surface area contributed by atoms with Crippen LogP contribution in [0.2, 0.25) is 0 Å². The van der Waals surface area contributed by atoms with Gasteiger partial charge >= 0.3 is 0 Å². The Kier molecular flexibility index (Phi) is 4.15. The van der Waals surface area contributed by atoms with E-state index in [4.69, 9.17) is 9.72 Å². The first-order valence-electron chi connectivity index (χ1n) is 6.95. The number of aromatic nitrogens is 4. The van der Waals surface area contributed by atoms with Gasteiger partial charge in [0.2, 0.25) is 0 Å². The van der Waals surface area contributed by atoms with Crippen LogP contribution in [0, 0.1) is 0 Å². The van der Waals surface area contributed by atoms with Crippen LogP contribution >= 0.6 is 11.8 Å². The largest absolute Gasteiger partial charge is 0.494 e. The predicted octanol–water partition coefficient (Wildman–Crippen LogP) is 2.96. The second-order valence-corrected chi connectivity index (χ2v) is 5.75. The van der Waals surface area contributed by atoms with Gasteiger partial charge in [0, 0.05) is 37.8 Å². The Morgan fingerprint density at radius 1 is 1.33 bits per heavy atom. The monoisotopic (exact) mass is 302 g/mol. The minimum Gasteiger partial charge on any atom is -0.494 e. The quantitative estimate of drug-likeness (QED) is 0.657. The second-order valence-electron chi connectivity index (χ2n) is 4.69. The molecule has 0 N–H and O–H groups in total. The summed E-state index contributed by atoms with van der Waals surface area (Å²) in [6.45, 7) is 3.59. The average Bonchev–Trinajstić information content (AvgIpc) is 3.09. The van der Waals surface area contributed by atoms with Crippen LogP contribution in [0.15, 0.2) is 42.1 Å². The van der Waals surface area contributed by atoms with E-state index in [2.05, 4.69) is 27.2 Å². The van der Waals surface area contributed by atoms with E-state index >= 15 is 0 Å². The Labute approximate surface area is 128 Å². The maximum Gasteiger partial charge on any atom is 0.168 e. The molecule has 0 saturated heterocycles. The zero-order valence-corrected chi connectivity index (χ0v) is 13.0. The van der Waals surface area contributed by atoms with Crippen molar-refractivity contribution in [1.29, 1.82) is 0 Å². The van der Waals surface area contributed by atoms with Crippen LogP contribution in [0.4, 0.5) is 0 Å². The van der Waals surface area contributed by atoms with Gasteiger partial charge in [-0.15, -0.1) is 0 Å². The molecule has 0 unspecified atom stereocenters. The fraction of sp³-hybridized carbons (Fsp3) is 0.333. The first-order valence-corrected chi connectivity index (χ1v) is 7.94. The number of fused-ring (bicyclic) bond motifs is 1. The predicted molar refractivity (Wildman–Crippen MR) is 84.8 cm³/mol. The van der Waals surface area contributed by atoms with Crippen LogP contribution < -0.4 is 4.74 Å². The molecule has 0 aliphatic heterocycles. The molecule has 0 spiro atoms. The maximum absolute atomic E-state index is 5.53. The number of hydrogen-bond donors (Lipinski definition) is 0. The van der Waals surface area contributed by atoms with Gasteiger partial charge in [-0.2, -0.15) is 0 Å². The number of imidazole rings is 2. The number of rotatable bonds is 6. The highest BCUT2D eigenvalue weighted by Gasteiger charge is 2.09. The van der Waals surface area contributed by atoms with Crippen LogP contribution in [0.3, 0.4) is 0 Å². The maximum atomic E-state index is 5.53. The fourth-order valence-electron chi connectivity index (χ4n) is 2.20. The minimum atomic E-state index is 0.671. The Balaban J connectivity index is 1.74. The van der Waals surface area contributed by atoms with Gasteiger partial charge in [0.05, 0.1) is 24.0 Å². The zero-order chi connectivity index (χ0) is 14.7. The number of aryl methyl sites for hydroxylation is 2. The molecule has 0 saturated carbocycles. The van der Waals surface area contributed by atoms with Crippen molar-refractivity contribution in [2.75, 3.05) is 12.4 Å². The molecule has 0 fully saturated rings. The van der Waals surface area contributed by atoms with Crippen LogP contribution in [0.25, 0.3) is 11.0 Å². The zero-order valence-electron chi connectivity index (χ0n) is 12.2. The fourth-order valence-corrected chi connectivity index (χ4v) is 3.14. The van der Waals surface area contributed by atoms with Crippen molar-refractivity contribution in [3.63, 3.8) is 0 Å². The lowest BCUT2D eigenvalue weighted by Gasteiger charge is -2.03. The molecule has 1 aromatic carbocycles. The first-order chi connectivity index (χ1) is 10.3. The van der Waals surface area contributed by atoms with Crippen molar-refractivity contribution < 1.29 is 4.74 Å². The molecule has 0 aliphatic rings. The summed E-state index contributed by atoms with van der Waals surface area (Å²) in [5, 5.41) is 1.03. The molecule has 0 aliphatic carbocycles. The molecule has 0 radical (unpaired) electrons. The minimum absolute atomic E-state index is 0.671. The van der Waals surface area contributed by atoms with Crippen molar-refractivity contribution in [1.82, 2.24) is 19.1 Å². The molecule has 0 amide bonds. The topological polar surface area (TPSA) is 44.9 Å². The highest BCUT2D eigenvalue weighted by atomic mass is 32.2. The van der Waals surface area contributed by atoms with Crippen molar-refractivity contribution in [2.24, 2.45) is 7.05 Å². The van der Waals surface area contributed by atoms with E-state index in [1.54, 1.807) is 18.0 Å². The molecule has 110 valence electrons. The summed E-state index contributed by atoms with van der Waals surface area (Å²) in [5.74, 6) is 1.84. The number of nitrogens with zero attached hydrogens (tertiary/aromatic N) is 4. The Morgan fingerprint density at radius 2 is 2.24 bits per heavy atom. The summed E-state index contributed by atoms with van der Waals surface area (Å²) in [4.78, 5) is 8.74. The van der Waals surface area contributed by atoms with Crippen LogP contribution in [-0.2, 0) is 13.6 Å². The van der Waals surface area contributed by atoms with Gasteiger partial charge < -0.3 is 13.9 Å². The number of thioether (sulfide) groups is 1. The average molecular weight is 302 g/mol. The number of benzene rings is 1. The van der Waals surface area contributed by atoms with E-state index in [-0.39, 0.29) is 0 Å². The van der Waals surface area contributed by atoms with E-state index < -0.39 is 0 Å². The van der Waals surface area contributed by atoms with E-state index in [9.17, 15) is 0 Å². The highest BCUT2D eigenvalue weighted by Crippen LogP contribution is 2.26. The van der Waals surface area contributed by atoms with Crippen molar-refractivity contribution in [2.45, 2.75) is 18.6 Å². The van der Waals surface area contributed by atoms with Crippen LogP contribution in [-0.4, -0.2) is 31.5 Å². The third-order valence-corrected chi connectivity index (χ3v) is 4.27. The van der Waals surface area contributed by atoms with Gasteiger partial charge in [-0.3, -0.25) is 0 Å². The molecule has 6 heteroatoms. The Morgan fingerprint density at radius 3 is 3.00 bits per heavy atom. The van der Waals surface area contributed by atoms with Crippen molar-refractivity contribution >= 4 is 22.8 Å². The van der Waals surface area contributed by atoms with E-state index in [0.29, 0.717) is 6.61 Å². The second kappa shape index (κ2) is 6.22. The summed E-state index contributed by atoms with van der Waals surface area (Å²) in [5.41, 5.74) is 2.11. The normalized spacial score (nSPS) is 11.1. The van der Waals surface area contributed by atoms with Crippen molar-refractivity contribution in [3.8, 4) is 5.75 Å². The smallest absolute Gasteiger partial charge is 0.168 e. The summed E-state index contributed by atoms with van der Waals surface area (Å²) < 4.78 is 9.73. The molecule has 21 heavy (non-hydrogen) atoms. The van der Waals surface area contributed by atoms with E-state index in [0.717, 1.165) is 34.2 Å². The molecule has 3 aromatic rings. The van der Waals surface area contributed by atoms with Gasteiger partial charge in [0.25, 0.3) is 0 Å². The lowest BCUT2D eigenvalue weighted by molar-refractivity contribution is 0.340. The third-order valence-electron chi connectivity index (χ3n) is 3.26. The summed E-state index contributed by atoms with van der Waals surface area (Å²) in [7, 11) is 2.05. The highest BCUT2D eigenvalue weighted by molar-refractivity contribution is 7.99. The molecule has 0 atom stereocenters. The number of ether oxygens (including phenoxy) is 1. The molecule has 5 nitrogen and oxygen atoms in total. The van der Waals surface area contributed by atoms with Gasteiger partial charge in [-0.25, -0.2) is 9.97 Å². The summed E-state index contributed by atoms with van der Waals surface area (Å²) in [6, 6.07) is 6.06. The number of hydrogen-bond acceptors (Lipinski definition) is 4. The van der Waals surface area contributed by atoms with E-state index in [1.807, 2.05) is 31.6 Å². The van der Waals surface area contributed by atoms with Crippen LogP contribution in [0.5, 0.6) is 5.75 Å². The SMILES string of the molecule is CCOc1ccc2c(c1)nc(SCCn1ccnc1)n2C. The van der Waals surface area contributed by atoms with Crippen molar-refractivity contribution in [3.05, 3.63) is 36.9 Å². The van der Waals surface area contributed by atoms with Gasteiger partial charge in [0.1, 0.15) is 5.75 Å². The first kappa shape index (κ1) is 14.0. The Hall–Kier alpha value is -1.95. The van der Waals surface area contributed by atoms with Crippen LogP contribution in [0.1, 0.15) is 6.92 Å². The summed E-state index contributed by atoms with van der Waals surface area (Å²) >= 11 is 1.75. The molecule has 2 aromatic heterocycles. The van der Waals surface area contributed by atoms with Gasteiger partial charge in [-0.05, 0) is 19.1 Å². The molecular formula is C15H18N4OS. The lowest BCUT2D eigenvalue weighted by atomic mass is 10.3. The molecule has 0 bridgehead atoms. The van der Waals surface area contributed by atoms with Gasteiger partial charge in [-0.1, -0.05) is 11.8 Å². The summed E-state index contributed by atoms with van der Waals surface area (Å²) in [6.07, 6.45) is 5.61. The molecular weight excluding hydrogens is 284 g/mol. The standard InChI is InChI=1S/C15H18N4OS/c1-3-20-12-4-5-14-13(10-12)17-15(18(14)2)21-9-8-19-7-6-16-11-19/h4-7,10-11H,3,8-9H2,1-2H3. The third kappa shape index (κ3) is 3.05. The lowest BCUT2D eigenvalue weighted by Crippen LogP contribution is -1.98. The molecule has 3 rings (SSSR count).